The molecule has 0 saturated carbocycles. The van der Waals surface area contributed by atoms with E-state index < -0.39 is 37.5 Å². The number of non-ortho nitro benzene ring substituents is 1. The van der Waals surface area contributed by atoms with E-state index in [1.807, 2.05) is 0 Å². The van der Waals surface area contributed by atoms with Crippen LogP contribution in [0.4, 0.5) is 22.7 Å². The third-order valence-corrected chi connectivity index (χ3v) is 3.47. The Kier molecular flexibility index (Phi) is 6.31. The molecule has 0 heterocycles. The summed E-state index contributed by atoms with van der Waals surface area (Å²) in [5.74, 6) is 0. The maximum Gasteiger partial charge on any atom is 0.306 e. The number of oxime groups is 1. The van der Waals surface area contributed by atoms with Gasteiger partial charge in [0.1, 0.15) is 7.11 Å². The molecule has 12 nitrogen and oxygen atoms in total. The molecule has 0 aromatic heterocycles. The van der Waals surface area contributed by atoms with E-state index in [1.54, 1.807) is 24.3 Å². The maximum absolute atomic E-state index is 11.2. The second-order valence-corrected chi connectivity index (χ2v) is 5.15. The van der Waals surface area contributed by atoms with Crippen molar-refractivity contribution in [2.24, 2.45) is 5.16 Å². The smallest absolute Gasteiger partial charge is 0.306 e. The van der Waals surface area contributed by atoms with Gasteiger partial charge in [0.05, 0.1) is 33.1 Å². The van der Waals surface area contributed by atoms with Crippen molar-refractivity contribution in [1.29, 1.82) is 0 Å². The highest BCUT2D eigenvalue weighted by Gasteiger charge is 2.30. The number of nitro benzene ring substituents is 3. The molecule has 0 fully saturated rings. The number of hydrogen-bond acceptors (Lipinski definition) is 9. The Bertz CT molecular complexity index is 952. The number of nitrogens with zero attached hydrogens (tertiary/aromatic N) is 4. The lowest BCUT2D eigenvalue weighted by atomic mass is 10.1. The fourth-order valence-electron chi connectivity index (χ4n) is 2.24. The minimum absolute atomic E-state index is 0.472. The summed E-state index contributed by atoms with van der Waals surface area (Å²) in [6.45, 7) is 0. The molecule has 0 saturated heterocycles. The van der Waals surface area contributed by atoms with Crippen LogP contribution in [0, 0.1) is 30.3 Å². The standard InChI is InChI=1S/C16H13N5O7/c1-28-18-10-12-5-3-2-4-11(12)6-7-17-16-14(20(24)25)8-13(19(22)23)9-15(16)21(26)27/h2-10,17H,1H3/b7-6-,18-10+. The maximum atomic E-state index is 11.2. The molecule has 0 aliphatic carbocycles. The minimum atomic E-state index is -0.939. The molecule has 2 aromatic rings. The van der Waals surface area contributed by atoms with E-state index in [-0.39, 0.29) is 0 Å². The largest absolute Gasteiger partial charge is 0.399 e. The highest BCUT2D eigenvalue weighted by Crippen LogP contribution is 2.38. The fourth-order valence-corrected chi connectivity index (χ4v) is 2.24. The van der Waals surface area contributed by atoms with Crippen LogP contribution in [0.3, 0.4) is 0 Å². The zero-order valence-corrected chi connectivity index (χ0v) is 14.3. The molecule has 0 aliphatic heterocycles. The summed E-state index contributed by atoms with van der Waals surface area (Å²) in [7, 11) is 1.38. The number of nitro groups is 3. The summed E-state index contributed by atoms with van der Waals surface area (Å²) in [5, 5.41) is 39.5. The molecule has 0 unspecified atom stereocenters. The van der Waals surface area contributed by atoms with E-state index in [0.29, 0.717) is 23.3 Å². The summed E-state index contributed by atoms with van der Waals surface area (Å²) in [6, 6.07) is 8.26. The first-order valence-electron chi connectivity index (χ1n) is 7.55. The summed E-state index contributed by atoms with van der Waals surface area (Å²) >= 11 is 0. The second kappa shape index (κ2) is 8.84. The molecule has 0 atom stereocenters. The minimum Gasteiger partial charge on any atom is -0.399 e. The summed E-state index contributed by atoms with van der Waals surface area (Å²) in [4.78, 5) is 35.2. The zero-order valence-electron chi connectivity index (χ0n) is 14.3. The predicted molar refractivity (Wildman–Crippen MR) is 100 cm³/mol. The van der Waals surface area contributed by atoms with E-state index in [9.17, 15) is 30.3 Å². The molecule has 2 aromatic carbocycles. The van der Waals surface area contributed by atoms with Crippen LogP contribution in [0.15, 0.2) is 47.8 Å². The van der Waals surface area contributed by atoms with Gasteiger partial charge >= 0.3 is 11.4 Å². The topological polar surface area (TPSA) is 163 Å². The SMILES string of the molecule is CO/N=C/c1ccccc1/C=C\Nc1c([N+](=O)[O-])cc([N+](=O)[O-])cc1[N+](=O)[O-]. The molecule has 12 heteroatoms. The molecule has 1 N–H and O–H groups in total. The Morgan fingerprint density at radius 2 is 1.54 bits per heavy atom. The predicted octanol–water partition coefficient (Wildman–Crippen LogP) is 3.47. The number of hydrogen-bond donors (Lipinski definition) is 1. The third kappa shape index (κ3) is 4.63. The molecule has 2 rings (SSSR count). The molecular weight excluding hydrogens is 374 g/mol. The fraction of sp³-hybridized carbons (Fsp3) is 0.0625. The Labute approximate surface area is 157 Å². The van der Waals surface area contributed by atoms with Crippen molar-refractivity contribution in [1.82, 2.24) is 0 Å². The van der Waals surface area contributed by atoms with E-state index in [4.69, 9.17) is 0 Å². The van der Waals surface area contributed by atoms with Gasteiger partial charge in [-0.25, -0.2) is 0 Å². The van der Waals surface area contributed by atoms with Crippen molar-refractivity contribution in [2.75, 3.05) is 12.4 Å². The van der Waals surface area contributed by atoms with Crippen LogP contribution in [-0.4, -0.2) is 28.1 Å². The summed E-state index contributed by atoms with van der Waals surface area (Å²) in [6.07, 6.45) is 4.20. The van der Waals surface area contributed by atoms with Crippen LogP contribution in [-0.2, 0) is 4.84 Å². The lowest BCUT2D eigenvalue weighted by molar-refractivity contribution is -0.401. The molecule has 144 valence electrons. The van der Waals surface area contributed by atoms with E-state index in [0.717, 1.165) is 0 Å². The van der Waals surface area contributed by atoms with Crippen molar-refractivity contribution in [3.8, 4) is 0 Å². The molecule has 0 radical (unpaired) electrons. The number of nitrogens with one attached hydrogen (secondary N) is 1. The average molecular weight is 387 g/mol. The monoisotopic (exact) mass is 387 g/mol. The van der Waals surface area contributed by atoms with Gasteiger partial charge in [-0.3, -0.25) is 30.3 Å². The van der Waals surface area contributed by atoms with Gasteiger partial charge in [0.2, 0.25) is 0 Å². The van der Waals surface area contributed by atoms with Crippen molar-refractivity contribution in [2.45, 2.75) is 0 Å². The highest BCUT2D eigenvalue weighted by molar-refractivity contribution is 5.85. The number of benzene rings is 2. The van der Waals surface area contributed by atoms with Crippen LogP contribution in [0.5, 0.6) is 0 Å². The first kappa shape index (κ1) is 20.0. The van der Waals surface area contributed by atoms with Crippen LogP contribution in [0.2, 0.25) is 0 Å². The Morgan fingerprint density at radius 3 is 2.04 bits per heavy atom. The highest BCUT2D eigenvalue weighted by atomic mass is 16.6. The van der Waals surface area contributed by atoms with E-state index in [1.165, 1.54) is 25.6 Å². The van der Waals surface area contributed by atoms with Crippen molar-refractivity contribution >= 4 is 35.0 Å². The van der Waals surface area contributed by atoms with Gasteiger partial charge < -0.3 is 10.2 Å². The molecule has 28 heavy (non-hydrogen) atoms. The van der Waals surface area contributed by atoms with Gasteiger partial charge in [0.25, 0.3) is 5.69 Å². The Morgan fingerprint density at radius 1 is 0.964 bits per heavy atom. The molecular formula is C16H13N5O7. The molecule has 0 amide bonds. The van der Waals surface area contributed by atoms with Crippen LogP contribution >= 0.6 is 0 Å². The van der Waals surface area contributed by atoms with Gasteiger partial charge in [-0.2, -0.15) is 0 Å². The lowest BCUT2D eigenvalue weighted by Crippen LogP contribution is -2.03. The molecule has 0 spiro atoms. The Hall–Kier alpha value is -4.35. The first-order chi connectivity index (χ1) is 13.3. The van der Waals surface area contributed by atoms with Crippen LogP contribution in [0.25, 0.3) is 6.08 Å². The molecule has 0 aliphatic rings. The van der Waals surface area contributed by atoms with Gasteiger partial charge in [0.15, 0.2) is 5.69 Å². The zero-order chi connectivity index (χ0) is 20.7. The van der Waals surface area contributed by atoms with Gasteiger partial charge in [-0.15, -0.1) is 0 Å². The summed E-state index contributed by atoms with van der Waals surface area (Å²) < 4.78 is 0. The van der Waals surface area contributed by atoms with Crippen molar-refractivity contribution < 1.29 is 19.6 Å². The Balaban J connectivity index is 2.45. The van der Waals surface area contributed by atoms with E-state index in [2.05, 4.69) is 15.3 Å². The number of rotatable bonds is 8. The van der Waals surface area contributed by atoms with Gasteiger partial charge in [0, 0.05) is 11.8 Å². The number of anilines is 1. The normalized spacial score (nSPS) is 10.9. The second-order valence-electron chi connectivity index (χ2n) is 5.15. The van der Waals surface area contributed by atoms with Crippen LogP contribution in [0.1, 0.15) is 11.1 Å². The van der Waals surface area contributed by atoms with Gasteiger partial charge in [-0.05, 0) is 11.6 Å². The molecule has 0 bridgehead atoms. The summed E-state index contributed by atoms with van der Waals surface area (Å²) in [5.41, 5.74) is -1.51. The van der Waals surface area contributed by atoms with E-state index >= 15 is 0 Å². The van der Waals surface area contributed by atoms with Crippen molar-refractivity contribution in [3.63, 3.8) is 0 Å². The lowest BCUT2D eigenvalue weighted by Gasteiger charge is -2.05. The third-order valence-electron chi connectivity index (χ3n) is 3.47. The average Bonchev–Trinajstić information content (AvgIpc) is 2.66. The first-order valence-corrected chi connectivity index (χ1v) is 7.55. The van der Waals surface area contributed by atoms with Crippen LogP contribution < -0.4 is 5.32 Å². The quantitative estimate of drug-likeness (QED) is 0.408. The van der Waals surface area contributed by atoms with Crippen molar-refractivity contribution in [3.05, 3.63) is 84.1 Å². The van der Waals surface area contributed by atoms with Gasteiger partial charge in [-0.1, -0.05) is 29.4 Å².